The Balaban J connectivity index is 1.69. The number of rotatable bonds is 5. The lowest BCUT2D eigenvalue weighted by molar-refractivity contribution is -0.385. The molecule has 0 saturated heterocycles. The van der Waals surface area contributed by atoms with Crippen molar-refractivity contribution in [3.63, 3.8) is 0 Å². The molecule has 2 aromatic carbocycles. The summed E-state index contributed by atoms with van der Waals surface area (Å²) in [6.07, 6.45) is 1.79. The normalized spacial score (nSPS) is 10.5. The fourth-order valence-corrected chi connectivity index (χ4v) is 2.70. The van der Waals surface area contributed by atoms with E-state index in [1.165, 1.54) is 23.8 Å². The fourth-order valence-electron chi connectivity index (χ4n) is 2.70. The molecule has 7 heteroatoms. The van der Waals surface area contributed by atoms with Crippen LogP contribution in [0.4, 0.5) is 11.5 Å². The molecular weight excluding hydrogens is 332 g/mol. The molecule has 26 heavy (non-hydrogen) atoms. The molecule has 1 amide bonds. The Bertz CT molecular complexity index is 978. The molecule has 1 N–H and O–H groups in total. The second-order valence-corrected chi connectivity index (χ2v) is 6.10. The summed E-state index contributed by atoms with van der Waals surface area (Å²) in [5.41, 5.74) is 3.08. The van der Waals surface area contributed by atoms with E-state index in [1.807, 2.05) is 25.1 Å². The first-order chi connectivity index (χ1) is 12.4. The third kappa shape index (κ3) is 3.94. The predicted molar refractivity (Wildman–Crippen MR) is 98.3 cm³/mol. The molecule has 7 nitrogen and oxygen atoms in total. The Kier molecular flexibility index (Phi) is 4.79. The van der Waals surface area contributed by atoms with Crippen LogP contribution in [0.2, 0.25) is 0 Å². The molecule has 0 aliphatic rings. The van der Waals surface area contributed by atoms with Gasteiger partial charge in [0.25, 0.3) is 11.6 Å². The Hall–Kier alpha value is -3.48. The van der Waals surface area contributed by atoms with E-state index >= 15 is 0 Å². The number of nitro groups is 1. The molecule has 0 bridgehead atoms. The number of nitro benzene ring substituents is 1. The van der Waals surface area contributed by atoms with Crippen molar-refractivity contribution >= 4 is 17.4 Å². The number of nitrogens with zero attached hydrogens (tertiary/aromatic N) is 3. The molecule has 0 unspecified atom stereocenters. The number of nitrogens with one attached hydrogen (secondary N) is 1. The highest BCUT2D eigenvalue weighted by Gasteiger charge is 2.14. The van der Waals surface area contributed by atoms with Crippen molar-refractivity contribution in [2.75, 3.05) is 5.32 Å². The number of carbonyl (C=O) groups excluding carboxylic acids is 1. The van der Waals surface area contributed by atoms with E-state index in [2.05, 4.69) is 16.5 Å². The maximum absolute atomic E-state index is 12.3. The third-order valence-electron chi connectivity index (χ3n) is 3.96. The van der Waals surface area contributed by atoms with E-state index in [9.17, 15) is 14.9 Å². The zero-order valence-electron chi connectivity index (χ0n) is 14.5. The summed E-state index contributed by atoms with van der Waals surface area (Å²) in [7, 11) is 0. The van der Waals surface area contributed by atoms with Crippen LogP contribution < -0.4 is 5.32 Å². The summed E-state index contributed by atoms with van der Waals surface area (Å²) in [6, 6.07) is 14.1. The number of hydrogen-bond donors (Lipinski definition) is 1. The van der Waals surface area contributed by atoms with Gasteiger partial charge in [-0.05, 0) is 31.5 Å². The van der Waals surface area contributed by atoms with Gasteiger partial charge in [-0.2, -0.15) is 5.10 Å². The van der Waals surface area contributed by atoms with E-state index in [0.29, 0.717) is 23.5 Å². The molecule has 0 saturated carbocycles. The first-order valence-corrected chi connectivity index (χ1v) is 8.08. The first-order valence-electron chi connectivity index (χ1n) is 8.08. The summed E-state index contributed by atoms with van der Waals surface area (Å²) in [6.45, 7) is 4.24. The highest BCUT2D eigenvalue weighted by Crippen LogP contribution is 2.19. The fraction of sp³-hybridized carbons (Fsp3) is 0.158. The summed E-state index contributed by atoms with van der Waals surface area (Å²) < 4.78 is 1.74. The van der Waals surface area contributed by atoms with E-state index in [-0.39, 0.29) is 11.6 Å². The quantitative estimate of drug-likeness (QED) is 0.561. The van der Waals surface area contributed by atoms with Crippen molar-refractivity contribution in [3.05, 3.63) is 87.1 Å². The summed E-state index contributed by atoms with van der Waals surface area (Å²) in [4.78, 5) is 22.7. The molecular formula is C19H18N4O3. The van der Waals surface area contributed by atoms with Gasteiger partial charge in [0.05, 0.1) is 11.5 Å². The van der Waals surface area contributed by atoms with E-state index in [1.54, 1.807) is 23.9 Å². The second kappa shape index (κ2) is 7.18. The molecule has 132 valence electrons. The van der Waals surface area contributed by atoms with Gasteiger partial charge in [-0.3, -0.25) is 19.6 Å². The summed E-state index contributed by atoms with van der Waals surface area (Å²) in [5, 5.41) is 17.9. The number of amides is 1. The first kappa shape index (κ1) is 17.3. The Labute approximate surface area is 150 Å². The van der Waals surface area contributed by atoms with Gasteiger partial charge in [-0.1, -0.05) is 29.8 Å². The lowest BCUT2D eigenvalue weighted by Gasteiger charge is -2.05. The molecule has 0 atom stereocenters. The van der Waals surface area contributed by atoms with Gasteiger partial charge in [0.2, 0.25) is 0 Å². The van der Waals surface area contributed by atoms with Crippen molar-refractivity contribution in [2.24, 2.45) is 0 Å². The van der Waals surface area contributed by atoms with Crippen molar-refractivity contribution in [3.8, 4) is 0 Å². The van der Waals surface area contributed by atoms with Crippen LogP contribution in [0.3, 0.4) is 0 Å². The van der Waals surface area contributed by atoms with Gasteiger partial charge >= 0.3 is 0 Å². The number of carbonyl (C=O) groups is 1. The van der Waals surface area contributed by atoms with Crippen molar-refractivity contribution in [1.29, 1.82) is 0 Å². The number of anilines is 1. The SMILES string of the molecule is Cc1cccc(Cn2ccc(NC(=O)c3ccc([N+](=O)[O-])c(C)c3)n2)c1. The van der Waals surface area contributed by atoms with Crippen molar-refractivity contribution < 1.29 is 9.72 Å². The van der Waals surface area contributed by atoms with E-state index in [4.69, 9.17) is 0 Å². The minimum atomic E-state index is -0.468. The monoisotopic (exact) mass is 350 g/mol. The van der Waals surface area contributed by atoms with Crippen LogP contribution in [-0.4, -0.2) is 20.6 Å². The minimum absolute atomic E-state index is 0.0102. The summed E-state index contributed by atoms with van der Waals surface area (Å²) >= 11 is 0. The molecule has 1 heterocycles. The number of aryl methyl sites for hydroxylation is 2. The van der Waals surface area contributed by atoms with Crippen LogP contribution in [0, 0.1) is 24.0 Å². The molecule has 0 aliphatic heterocycles. The van der Waals surface area contributed by atoms with Crippen molar-refractivity contribution in [1.82, 2.24) is 9.78 Å². The number of benzene rings is 2. The standard InChI is InChI=1S/C19H18N4O3/c1-13-4-3-5-15(10-13)12-22-9-8-18(21-22)20-19(24)16-6-7-17(23(25)26)14(2)11-16/h3-11H,12H2,1-2H3,(H,20,21,24). The predicted octanol–water partition coefficient (Wildman–Crippen LogP) is 3.71. The molecule has 3 aromatic rings. The molecule has 0 fully saturated rings. The maximum atomic E-state index is 12.3. The largest absolute Gasteiger partial charge is 0.305 e. The highest BCUT2D eigenvalue weighted by molar-refractivity contribution is 6.04. The lowest BCUT2D eigenvalue weighted by atomic mass is 10.1. The Morgan fingerprint density at radius 2 is 2.00 bits per heavy atom. The smallest absolute Gasteiger partial charge is 0.272 e. The van der Waals surface area contributed by atoms with Crippen LogP contribution in [0.15, 0.2) is 54.7 Å². The third-order valence-corrected chi connectivity index (χ3v) is 3.96. The van der Waals surface area contributed by atoms with Crippen LogP contribution >= 0.6 is 0 Å². The zero-order valence-corrected chi connectivity index (χ0v) is 14.5. The second-order valence-electron chi connectivity index (χ2n) is 6.10. The van der Waals surface area contributed by atoms with Crippen LogP contribution in [0.25, 0.3) is 0 Å². The number of aromatic nitrogens is 2. The van der Waals surface area contributed by atoms with Gasteiger partial charge in [0.1, 0.15) is 0 Å². The van der Waals surface area contributed by atoms with E-state index in [0.717, 1.165) is 5.56 Å². The minimum Gasteiger partial charge on any atom is -0.305 e. The van der Waals surface area contributed by atoms with Crippen molar-refractivity contribution in [2.45, 2.75) is 20.4 Å². The topological polar surface area (TPSA) is 90.1 Å². The molecule has 1 aromatic heterocycles. The van der Waals surface area contributed by atoms with Crippen LogP contribution in [0.5, 0.6) is 0 Å². The Morgan fingerprint density at radius 1 is 1.19 bits per heavy atom. The number of hydrogen-bond acceptors (Lipinski definition) is 4. The van der Waals surface area contributed by atoms with Gasteiger partial charge in [-0.15, -0.1) is 0 Å². The average molecular weight is 350 g/mol. The molecule has 0 spiro atoms. The average Bonchev–Trinajstić information content (AvgIpc) is 3.01. The lowest BCUT2D eigenvalue weighted by Crippen LogP contribution is -2.13. The Morgan fingerprint density at radius 3 is 2.69 bits per heavy atom. The highest BCUT2D eigenvalue weighted by atomic mass is 16.6. The van der Waals surface area contributed by atoms with Crippen LogP contribution in [-0.2, 0) is 6.54 Å². The molecule has 0 radical (unpaired) electrons. The van der Waals surface area contributed by atoms with Crippen LogP contribution in [0.1, 0.15) is 27.0 Å². The maximum Gasteiger partial charge on any atom is 0.272 e. The van der Waals surface area contributed by atoms with E-state index < -0.39 is 4.92 Å². The summed E-state index contributed by atoms with van der Waals surface area (Å²) in [5.74, 6) is 0.0717. The van der Waals surface area contributed by atoms with Gasteiger partial charge in [0, 0.05) is 29.5 Å². The van der Waals surface area contributed by atoms with Gasteiger partial charge < -0.3 is 5.32 Å². The molecule has 0 aliphatic carbocycles. The zero-order chi connectivity index (χ0) is 18.7. The van der Waals surface area contributed by atoms with Gasteiger partial charge in [-0.25, -0.2) is 0 Å². The molecule has 3 rings (SSSR count). The van der Waals surface area contributed by atoms with Gasteiger partial charge in [0.15, 0.2) is 5.82 Å².